The van der Waals surface area contributed by atoms with Crippen LogP contribution in [0.15, 0.2) is 53.6 Å². The number of Topliss-reactive ketones (excluding diaryl/α,β-unsaturated/α-hetero) is 1. The first-order valence-electron chi connectivity index (χ1n) is 12.3. The summed E-state index contributed by atoms with van der Waals surface area (Å²) in [6, 6.07) is 13.4. The van der Waals surface area contributed by atoms with Crippen LogP contribution in [-0.2, 0) is 9.84 Å². The number of nitrogens with zero attached hydrogens (tertiary/aromatic N) is 3. The first-order valence-corrected chi connectivity index (χ1v) is 14.3. The summed E-state index contributed by atoms with van der Waals surface area (Å²) in [5.41, 5.74) is 7.34. The number of halogens is 1. The Morgan fingerprint density at radius 2 is 1.84 bits per heavy atom. The monoisotopic (exact) mass is 542 g/mol. The maximum absolute atomic E-state index is 13.4. The van der Waals surface area contributed by atoms with Gasteiger partial charge in [0.25, 0.3) is 0 Å². The molecule has 2 aromatic heterocycles. The Kier molecular flexibility index (Phi) is 8.04. The van der Waals surface area contributed by atoms with Crippen molar-refractivity contribution in [2.45, 2.75) is 57.1 Å². The van der Waals surface area contributed by atoms with Gasteiger partial charge in [-0.2, -0.15) is 0 Å². The van der Waals surface area contributed by atoms with E-state index in [4.69, 9.17) is 27.1 Å². The molecule has 0 radical (unpaired) electrons. The number of hydrogen-bond acceptors (Lipinski definition) is 8. The molecule has 2 atom stereocenters. The van der Waals surface area contributed by atoms with Crippen LogP contribution >= 0.6 is 11.6 Å². The zero-order valence-corrected chi connectivity index (χ0v) is 22.7. The third-order valence-corrected chi connectivity index (χ3v) is 8.26. The highest BCUT2D eigenvalue weighted by molar-refractivity contribution is 7.92. The third kappa shape index (κ3) is 5.88. The number of ether oxygens (including phenoxy) is 1. The summed E-state index contributed by atoms with van der Waals surface area (Å²) in [6.07, 6.45) is 2.74. The van der Waals surface area contributed by atoms with E-state index in [1.54, 1.807) is 18.2 Å². The number of aromatic nitrogens is 2. The number of nitrogens with two attached hydrogens (primary N) is 1. The van der Waals surface area contributed by atoms with Gasteiger partial charge in [0.05, 0.1) is 22.9 Å². The number of hydrogen-bond donors (Lipinski definition) is 1. The fourth-order valence-corrected chi connectivity index (χ4v) is 5.90. The molecule has 1 aliphatic rings. The van der Waals surface area contributed by atoms with E-state index in [9.17, 15) is 13.2 Å². The van der Waals surface area contributed by atoms with Crippen LogP contribution in [0.4, 0.5) is 11.6 Å². The maximum Gasteiger partial charge on any atom is 0.203 e. The van der Waals surface area contributed by atoms with Crippen LogP contribution in [-0.4, -0.2) is 48.6 Å². The van der Waals surface area contributed by atoms with E-state index in [0.717, 1.165) is 24.8 Å². The fraction of sp³-hybridized carbons (Fsp3) is 0.370. The Labute approximate surface area is 222 Å². The van der Waals surface area contributed by atoms with Crippen LogP contribution in [0.2, 0.25) is 5.02 Å². The quantitative estimate of drug-likeness (QED) is 0.367. The van der Waals surface area contributed by atoms with Gasteiger partial charge in [-0.05, 0) is 69.5 Å². The van der Waals surface area contributed by atoms with E-state index in [1.165, 1.54) is 18.2 Å². The summed E-state index contributed by atoms with van der Waals surface area (Å²) in [4.78, 5) is 24.3. The zero-order chi connectivity index (χ0) is 26.7. The van der Waals surface area contributed by atoms with Gasteiger partial charge in [-0.25, -0.2) is 18.4 Å². The number of anilines is 2. The highest BCUT2D eigenvalue weighted by Gasteiger charge is 2.33. The molecule has 3 aromatic rings. The number of rotatable bonds is 9. The predicted octanol–water partition coefficient (Wildman–Crippen LogP) is 5.20. The van der Waals surface area contributed by atoms with E-state index in [2.05, 4.69) is 23.7 Å². The number of carbonyl (C=O) groups excluding carboxylic acids is 1. The van der Waals surface area contributed by atoms with Gasteiger partial charge in [-0.3, -0.25) is 4.79 Å². The number of nitrogen functional groups attached to an aromatic ring is 1. The van der Waals surface area contributed by atoms with Crippen molar-refractivity contribution in [3.63, 3.8) is 0 Å². The molecule has 0 unspecified atom stereocenters. The van der Waals surface area contributed by atoms with E-state index < -0.39 is 21.4 Å². The molecule has 196 valence electrons. The summed E-state index contributed by atoms with van der Waals surface area (Å²) in [5, 5.41) is 0.280. The fourth-order valence-electron chi connectivity index (χ4n) is 4.55. The molecule has 1 fully saturated rings. The Morgan fingerprint density at radius 3 is 2.51 bits per heavy atom. The number of pyridine rings is 2. The van der Waals surface area contributed by atoms with Gasteiger partial charge in [-0.1, -0.05) is 30.7 Å². The van der Waals surface area contributed by atoms with Crippen molar-refractivity contribution in [1.82, 2.24) is 9.97 Å². The second kappa shape index (κ2) is 11.1. The Balaban J connectivity index is 1.75. The summed E-state index contributed by atoms with van der Waals surface area (Å²) in [5.74, 6) is -0.169. The predicted molar refractivity (Wildman–Crippen MR) is 146 cm³/mol. The molecule has 37 heavy (non-hydrogen) atoms. The molecule has 0 aliphatic carbocycles. The van der Waals surface area contributed by atoms with Crippen molar-refractivity contribution >= 4 is 38.9 Å². The number of benzene rings is 1. The largest absolute Gasteiger partial charge is 0.492 e. The lowest BCUT2D eigenvalue weighted by Crippen LogP contribution is -2.35. The minimum absolute atomic E-state index is 0.0743. The molecule has 8 nitrogen and oxygen atoms in total. The van der Waals surface area contributed by atoms with Gasteiger partial charge < -0.3 is 15.4 Å². The lowest BCUT2D eigenvalue weighted by atomic mass is 10.1. The highest BCUT2D eigenvalue weighted by atomic mass is 35.5. The van der Waals surface area contributed by atoms with E-state index in [1.807, 2.05) is 19.1 Å². The molecule has 3 heterocycles. The van der Waals surface area contributed by atoms with Gasteiger partial charge in [0.15, 0.2) is 10.8 Å². The summed E-state index contributed by atoms with van der Waals surface area (Å²) >= 11 is 6.31. The lowest BCUT2D eigenvalue weighted by molar-refractivity contribution is 0.102. The standard InChI is InChI=1S/C27H31ClN4O4S/c1-4-14-36-24-15-19(10-12-21(24)28)22-13-11-20(27(30-22)32-17(2)8-9-18(32)3)23(33)16-37(34,35)26-7-5-6-25(29)31-26/h5-7,10-13,15,17-18H,4,8-9,14,16H2,1-3H3,(H2,29,31)/t17-,18+. The number of ketones is 1. The highest BCUT2D eigenvalue weighted by Crippen LogP contribution is 2.35. The minimum Gasteiger partial charge on any atom is -0.492 e. The molecular formula is C27H31ClN4O4S. The molecule has 10 heteroatoms. The first-order chi connectivity index (χ1) is 17.6. The van der Waals surface area contributed by atoms with Crippen LogP contribution < -0.4 is 15.4 Å². The molecule has 4 rings (SSSR count). The number of sulfone groups is 1. The second-order valence-electron chi connectivity index (χ2n) is 9.33. The van der Waals surface area contributed by atoms with Crippen LogP contribution in [0.5, 0.6) is 5.75 Å². The van der Waals surface area contributed by atoms with E-state index >= 15 is 0 Å². The first kappa shape index (κ1) is 26.9. The SMILES string of the molecule is CCCOc1cc(-c2ccc(C(=O)CS(=O)(=O)c3cccc(N)n3)c(N3[C@H](C)CC[C@@H]3C)n2)ccc1Cl. The third-order valence-electron chi connectivity index (χ3n) is 6.45. The Hall–Kier alpha value is -3.17. The molecule has 0 spiro atoms. The summed E-state index contributed by atoms with van der Waals surface area (Å²) in [7, 11) is -4.00. The Morgan fingerprint density at radius 1 is 1.11 bits per heavy atom. The van der Waals surface area contributed by atoms with Crippen molar-refractivity contribution in [3.05, 3.63) is 59.1 Å². The molecule has 1 aliphatic heterocycles. The lowest BCUT2D eigenvalue weighted by Gasteiger charge is -2.29. The molecule has 1 saturated heterocycles. The summed E-state index contributed by atoms with van der Waals surface area (Å²) < 4.78 is 31.7. The zero-order valence-electron chi connectivity index (χ0n) is 21.1. The Bertz CT molecular complexity index is 1400. The van der Waals surface area contributed by atoms with Crippen molar-refractivity contribution in [2.75, 3.05) is 23.0 Å². The minimum atomic E-state index is -4.00. The van der Waals surface area contributed by atoms with Gasteiger partial charge in [-0.15, -0.1) is 0 Å². The van der Waals surface area contributed by atoms with Gasteiger partial charge in [0, 0.05) is 17.6 Å². The van der Waals surface area contributed by atoms with E-state index in [-0.39, 0.29) is 28.5 Å². The molecule has 2 N–H and O–H groups in total. The topological polar surface area (TPSA) is 115 Å². The molecule has 0 amide bonds. The molecular weight excluding hydrogens is 512 g/mol. The van der Waals surface area contributed by atoms with Gasteiger partial charge >= 0.3 is 0 Å². The second-order valence-corrected chi connectivity index (χ2v) is 11.7. The van der Waals surface area contributed by atoms with Crippen LogP contribution in [0.1, 0.15) is 50.4 Å². The van der Waals surface area contributed by atoms with Gasteiger partial charge in [0.1, 0.15) is 23.1 Å². The number of carbonyl (C=O) groups is 1. The van der Waals surface area contributed by atoms with Crippen LogP contribution in [0.25, 0.3) is 11.3 Å². The summed E-state index contributed by atoms with van der Waals surface area (Å²) in [6.45, 7) is 6.72. The maximum atomic E-state index is 13.4. The van der Waals surface area contributed by atoms with Crippen molar-refractivity contribution in [2.24, 2.45) is 0 Å². The van der Waals surface area contributed by atoms with Crippen LogP contribution in [0, 0.1) is 0 Å². The molecule has 0 bridgehead atoms. The van der Waals surface area contributed by atoms with E-state index in [0.29, 0.717) is 28.9 Å². The van der Waals surface area contributed by atoms with Crippen LogP contribution in [0.3, 0.4) is 0 Å². The smallest absolute Gasteiger partial charge is 0.203 e. The average molecular weight is 543 g/mol. The van der Waals surface area contributed by atoms with Crippen molar-refractivity contribution < 1.29 is 17.9 Å². The van der Waals surface area contributed by atoms with Crippen molar-refractivity contribution in [1.29, 1.82) is 0 Å². The molecule has 1 aromatic carbocycles. The molecule has 0 saturated carbocycles. The average Bonchev–Trinajstić information content (AvgIpc) is 3.20. The van der Waals surface area contributed by atoms with Crippen molar-refractivity contribution in [3.8, 4) is 17.0 Å². The van der Waals surface area contributed by atoms with Gasteiger partial charge in [0.2, 0.25) is 9.84 Å². The normalized spacial score (nSPS) is 17.7.